The van der Waals surface area contributed by atoms with Crippen LogP contribution in [0.1, 0.15) is 33.2 Å². The second-order valence-corrected chi connectivity index (χ2v) is 6.38. The maximum atomic E-state index is 12.7. The Hall–Kier alpha value is -2.82. The van der Waals surface area contributed by atoms with Crippen molar-refractivity contribution < 1.29 is 14.7 Å². The number of piperazine rings is 1. The highest BCUT2D eigenvalue weighted by molar-refractivity contribution is 6.00. The largest absolute Gasteiger partial charge is 0.508 e. The fourth-order valence-electron chi connectivity index (χ4n) is 3.15. The summed E-state index contributed by atoms with van der Waals surface area (Å²) >= 11 is 0. The van der Waals surface area contributed by atoms with E-state index in [4.69, 9.17) is 0 Å². The van der Waals surface area contributed by atoms with Gasteiger partial charge in [-0.2, -0.15) is 0 Å². The summed E-state index contributed by atoms with van der Waals surface area (Å²) in [4.78, 5) is 28.4. The molecule has 3 rings (SSSR count). The molecule has 0 radical (unpaired) electrons. The number of nitrogens with zero attached hydrogens (tertiary/aromatic N) is 2. The fraction of sp³-hybridized carbons (Fsp3) is 0.300. The summed E-state index contributed by atoms with van der Waals surface area (Å²) in [5.41, 5.74) is 3.10. The van der Waals surface area contributed by atoms with Crippen LogP contribution in [0.25, 0.3) is 0 Å². The van der Waals surface area contributed by atoms with E-state index in [1.54, 1.807) is 24.3 Å². The Morgan fingerprint density at radius 3 is 2.20 bits per heavy atom. The first-order valence-corrected chi connectivity index (χ1v) is 8.40. The van der Waals surface area contributed by atoms with E-state index in [0.29, 0.717) is 24.2 Å². The predicted molar refractivity (Wildman–Crippen MR) is 97.4 cm³/mol. The second kappa shape index (κ2) is 6.97. The van der Waals surface area contributed by atoms with Gasteiger partial charge in [0, 0.05) is 43.0 Å². The van der Waals surface area contributed by atoms with E-state index < -0.39 is 0 Å². The number of carbonyl (C=O) groups excluding carboxylic acids is 2. The van der Waals surface area contributed by atoms with E-state index in [9.17, 15) is 14.7 Å². The van der Waals surface area contributed by atoms with Crippen molar-refractivity contribution in [3.8, 4) is 5.75 Å². The molecule has 5 nitrogen and oxygen atoms in total. The van der Waals surface area contributed by atoms with E-state index >= 15 is 0 Å². The van der Waals surface area contributed by atoms with Crippen LogP contribution < -0.4 is 4.90 Å². The lowest BCUT2D eigenvalue weighted by Crippen LogP contribution is -2.48. The normalized spacial score (nSPS) is 14.5. The third-order valence-corrected chi connectivity index (χ3v) is 4.65. The van der Waals surface area contributed by atoms with Crippen molar-refractivity contribution in [1.29, 1.82) is 0 Å². The number of phenolic OH excluding ortho intramolecular Hbond substituents is 1. The maximum absolute atomic E-state index is 12.7. The molecular weight excluding hydrogens is 316 g/mol. The molecule has 1 N–H and O–H groups in total. The number of aromatic hydroxyl groups is 1. The summed E-state index contributed by atoms with van der Waals surface area (Å²) in [6.45, 7) is 6.13. The predicted octanol–water partition coefficient (Wildman–Crippen LogP) is 2.87. The number of carbonyl (C=O) groups is 2. The molecule has 1 fully saturated rings. The van der Waals surface area contributed by atoms with Gasteiger partial charge in [0.25, 0.3) is 5.91 Å². The van der Waals surface area contributed by atoms with Crippen LogP contribution in [-0.2, 0) is 0 Å². The summed E-state index contributed by atoms with van der Waals surface area (Å²) in [7, 11) is 0. The zero-order valence-corrected chi connectivity index (χ0v) is 14.5. The Bertz CT molecular complexity index is 791. The quantitative estimate of drug-likeness (QED) is 0.874. The van der Waals surface area contributed by atoms with Crippen LogP contribution in [0.3, 0.4) is 0 Å². The Balaban J connectivity index is 1.68. The zero-order valence-electron chi connectivity index (χ0n) is 14.5. The highest BCUT2D eigenvalue weighted by Crippen LogP contribution is 2.21. The standard InChI is InChI=1S/C20H22N2O3/c1-14-3-4-16(13-19(14)15(2)23)20(25)22-11-9-21(10-12-22)17-5-7-18(24)8-6-17/h3-8,13,24H,9-12H2,1-2H3. The van der Waals surface area contributed by atoms with Crippen LogP contribution in [-0.4, -0.2) is 47.9 Å². The number of ketones is 1. The lowest BCUT2D eigenvalue weighted by molar-refractivity contribution is 0.0747. The fourth-order valence-corrected chi connectivity index (χ4v) is 3.15. The SMILES string of the molecule is CC(=O)c1cc(C(=O)N2CCN(c3ccc(O)cc3)CC2)ccc1C. The van der Waals surface area contributed by atoms with Crippen LogP contribution in [0.4, 0.5) is 5.69 Å². The number of hydrogen-bond acceptors (Lipinski definition) is 4. The number of phenols is 1. The summed E-state index contributed by atoms with van der Waals surface area (Å²) < 4.78 is 0. The molecule has 0 bridgehead atoms. The zero-order chi connectivity index (χ0) is 18.0. The molecule has 2 aromatic carbocycles. The molecule has 1 amide bonds. The minimum atomic E-state index is -0.0344. The van der Waals surface area contributed by atoms with Crippen molar-refractivity contribution in [1.82, 2.24) is 4.90 Å². The third-order valence-electron chi connectivity index (χ3n) is 4.65. The van der Waals surface area contributed by atoms with Crippen molar-refractivity contribution >= 4 is 17.4 Å². The molecule has 0 saturated carbocycles. The van der Waals surface area contributed by atoms with Crippen LogP contribution in [0.5, 0.6) is 5.75 Å². The number of anilines is 1. The Morgan fingerprint density at radius 1 is 0.960 bits per heavy atom. The molecule has 130 valence electrons. The number of amides is 1. The third kappa shape index (κ3) is 3.65. The number of benzene rings is 2. The van der Waals surface area contributed by atoms with Gasteiger partial charge in [-0.3, -0.25) is 9.59 Å². The monoisotopic (exact) mass is 338 g/mol. The van der Waals surface area contributed by atoms with Gasteiger partial charge in [0.15, 0.2) is 5.78 Å². The second-order valence-electron chi connectivity index (χ2n) is 6.38. The average molecular weight is 338 g/mol. The first kappa shape index (κ1) is 17.0. The van der Waals surface area contributed by atoms with Gasteiger partial charge in [-0.1, -0.05) is 6.07 Å². The minimum absolute atomic E-state index is 0.0238. The van der Waals surface area contributed by atoms with E-state index in [1.165, 1.54) is 6.92 Å². The molecular formula is C20H22N2O3. The smallest absolute Gasteiger partial charge is 0.253 e. The highest BCUT2D eigenvalue weighted by atomic mass is 16.3. The van der Waals surface area contributed by atoms with Gasteiger partial charge in [0.1, 0.15) is 5.75 Å². The number of rotatable bonds is 3. The summed E-state index contributed by atoms with van der Waals surface area (Å²) in [6.07, 6.45) is 0. The van der Waals surface area contributed by atoms with Crippen LogP contribution in [0.2, 0.25) is 0 Å². The summed E-state index contributed by atoms with van der Waals surface area (Å²) in [6, 6.07) is 12.4. The van der Waals surface area contributed by atoms with Crippen LogP contribution in [0, 0.1) is 6.92 Å². The topological polar surface area (TPSA) is 60.9 Å². The van der Waals surface area contributed by atoms with Crippen molar-refractivity contribution in [2.75, 3.05) is 31.1 Å². The van der Waals surface area contributed by atoms with Crippen molar-refractivity contribution in [3.63, 3.8) is 0 Å². The van der Waals surface area contributed by atoms with E-state index in [1.807, 2.05) is 30.0 Å². The Morgan fingerprint density at radius 2 is 1.60 bits per heavy atom. The first-order valence-electron chi connectivity index (χ1n) is 8.40. The highest BCUT2D eigenvalue weighted by Gasteiger charge is 2.23. The molecule has 1 saturated heterocycles. The van der Waals surface area contributed by atoms with Crippen molar-refractivity contribution in [3.05, 3.63) is 59.2 Å². The summed E-state index contributed by atoms with van der Waals surface area (Å²) in [5, 5.41) is 9.38. The van der Waals surface area contributed by atoms with E-state index in [2.05, 4.69) is 4.90 Å². The molecule has 1 aliphatic rings. The molecule has 1 aliphatic heterocycles. The summed E-state index contributed by atoms with van der Waals surface area (Å²) in [5.74, 6) is 0.190. The molecule has 0 atom stereocenters. The number of Topliss-reactive ketones (excluding diaryl/α,β-unsaturated/α-hetero) is 1. The van der Waals surface area contributed by atoms with E-state index in [-0.39, 0.29) is 17.4 Å². The van der Waals surface area contributed by atoms with Gasteiger partial charge in [-0.15, -0.1) is 0 Å². The molecule has 25 heavy (non-hydrogen) atoms. The Kier molecular flexibility index (Phi) is 4.74. The molecule has 0 aliphatic carbocycles. The van der Waals surface area contributed by atoms with Gasteiger partial charge in [0.2, 0.25) is 0 Å². The van der Waals surface area contributed by atoms with Gasteiger partial charge in [-0.05, 0) is 55.8 Å². The Labute approximate surface area is 147 Å². The molecule has 0 spiro atoms. The average Bonchev–Trinajstić information content (AvgIpc) is 2.62. The van der Waals surface area contributed by atoms with E-state index in [0.717, 1.165) is 24.3 Å². The van der Waals surface area contributed by atoms with Gasteiger partial charge < -0.3 is 14.9 Å². The first-order chi connectivity index (χ1) is 12.0. The molecule has 5 heteroatoms. The lowest BCUT2D eigenvalue weighted by atomic mass is 10.0. The lowest BCUT2D eigenvalue weighted by Gasteiger charge is -2.36. The van der Waals surface area contributed by atoms with Gasteiger partial charge in [-0.25, -0.2) is 0 Å². The van der Waals surface area contributed by atoms with Crippen LogP contribution in [0.15, 0.2) is 42.5 Å². The number of hydrogen-bond donors (Lipinski definition) is 1. The molecule has 0 unspecified atom stereocenters. The maximum Gasteiger partial charge on any atom is 0.253 e. The van der Waals surface area contributed by atoms with Crippen LogP contribution >= 0.6 is 0 Å². The van der Waals surface area contributed by atoms with Crippen molar-refractivity contribution in [2.45, 2.75) is 13.8 Å². The molecule has 0 aromatic heterocycles. The van der Waals surface area contributed by atoms with Gasteiger partial charge in [0.05, 0.1) is 0 Å². The molecule has 1 heterocycles. The van der Waals surface area contributed by atoms with Gasteiger partial charge >= 0.3 is 0 Å². The minimum Gasteiger partial charge on any atom is -0.508 e. The number of aryl methyl sites for hydroxylation is 1. The molecule has 2 aromatic rings. The van der Waals surface area contributed by atoms with Crippen molar-refractivity contribution in [2.24, 2.45) is 0 Å².